The van der Waals surface area contributed by atoms with E-state index in [0.29, 0.717) is 14.8 Å². The van der Waals surface area contributed by atoms with Crippen LogP contribution in [0, 0.1) is 0 Å². The van der Waals surface area contributed by atoms with Gasteiger partial charge in [0, 0.05) is 16.7 Å². The average Bonchev–Trinajstić information content (AvgIpc) is 2.75. The zero-order chi connectivity index (χ0) is 14.3. The number of hydrogen-bond acceptors (Lipinski definition) is 4. The molecule has 0 atom stereocenters. The van der Waals surface area contributed by atoms with Crippen molar-refractivity contribution in [2.75, 3.05) is 12.5 Å². The van der Waals surface area contributed by atoms with E-state index in [9.17, 15) is 8.42 Å². The number of halogens is 1. The maximum Gasteiger partial charge on any atom is 0.176 e. The van der Waals surface area contributed by atoms with E-state index in [4.69, 9.17) is 17.3 Å². The molecule has 3 nitrogen and oxygen atoms in total. The van der Waals surface area contributed by atoms with E-state index in [1.165, 1.54) is 18.0 Å². The maximum atomic E-state index is 11.9. The predicted molar refractivity (Wildman–Crippen MR) is 80.7 cm³/mol. The second-order valence-corrected chi connectivity index (χ2v) is 8.33. The standard InChI is InChI=1S/C13H18ClNO2S2/c1-18-12-10(14)7-9(8-11(12)19(2,16)17)13(15)5-3-4-6-13/h7-8H,3-6,15H2,1-2H3. The summed E-state index contributed by atoms with van der Waals surface area (Å²) in [6.45, 7) is 0. The van der Waals surface area contributed by atoms with E-state index in [1.54, 1.807) is 6.07 Å². The zero-order valence-electron chi connectivity index (χ0n) is 11.1. The fraction of sp³-hybridized carbons (Fsp3) is 0.538. The van der Waals surface area contributed by atoms with Crippen molar-refractivity contribution in [3.8, 4) is 0 Å². The summed E-state index contributed by atoms with van der Waals surface area (Å²) in [4.78, 5) is 0.897. The van der Waals surface area contributed by atoms with Crippen LogP contribution in [0.3, 0.4) is 0 Å². The van der Waals surface area contributed by atoms with Crippen molar-refractivity contribution < 1.29 is 8.42 Å². The van der Waals surface area contributed by atoms with E-state index in [0.717, 1.165) is 31.2 Å². The molecule has 0 radical (unpaired) electrons. The van der Waals surface area contributed by atoms with Crippen LogP contribution < -0.4 is 5.73 Å². The summed E-state index contributed by atoms with van der Waals surface area (Å²) in [5.41, 5.74) is 6.80. The Bertz CT molecular complexity index is 593. The summed E-state index contributed by atoms with van der Waals surface area (Å²) in [7, 11) is -3.31. The molecule has 0 aromatic heterocycles. The molecular formula is C13H18ClNO2S2. The fourth-order valence-electron chi connectivity index (χ4n) is 2.62. The molecule has 1 aromatic rings. The monoisotopic (exact) mass is 319 g/mol. The third-order valence-electron chi connectivity index (χ3n) is 3.68. The van der Waals surface area contributed by atoms with E-state index >= 15 is 0 Å². The lowest BCUT2D eigenvalue weighted by molar-refractivity contribution is 0.460. The SMILES string of the molecule is CSc1c(Cl)cc(C2(N)CCCC2)cc1S(C)(=O)=O. The van der Waals surface area contributed by atoms with Crippen molar-refractivity contribution in [1.29, 1.82) is 0 Å². The van der Waals surface area contributed by atoms with Gasteiger partial charge in [0.25, 0.3) is 0 Å². The van der Waals surface area contributed by atoms with Crippen LogP contribution in [0.25, 0.3) is 0 Å². The Hall–Kier alpha value is -0.230. The van der Waals surface area contributed by atoms with Gasteiger partial charge in [-0.3, -0.25) is 0 Å². The summed E-state index contributed by atoms with van der Waals surface area (Å²) in [6, 6.07) is 3.53. The first-order valence-electron chi connectivity index (χ1n) is 6.15. The Balaban J connectivity index is 2.63. The van der Waals surface area contributed by atoms with Gasteiger partial charge in [-0.1, -0.05) is 24.4 Å². The smallest absolute Gasteiger partial charge is 0.176 e. The quantitative estimate of drug-likeness (QED) is 0.869. The number of nitrogens with two attached hydrogens (primary N) is 1. The number of rotatable bonds is 3. The summed E-state index contributed by atoms with van der Waals surface area (Å²) in [5.74, 6) is 0. The Labute approximate surface area is 123 Å². The highest BCUT2D eigenvalue weighted by Gasteiger charge is 2.33. The molecule has 1 fully saturated rings. The van der Waals surface area contributed by atoms with E-state index < -0.39 is 15.4 Å². The highest BCUT2D eigenvalue weighted by atomic mass is 35.5. The highest BCUT2D eigenvalue weighted by Crippen LogP contribution is 2.41. The van der Waals surface area contributed by atoms with Crippen LogP contribution in [-0.4, -0.2) is 20.9 Å². The molecule has 0 amide bonds. The van der Waals surface area contributed by atoms with Gasteiger partial charge in [-0.15, -0.1) is 11.8 Å². The van der Waals surface area contributed by atoms with Crippen LogP contribution in [0.2, 0.25) is 5.02 Å². The molecule has 0 heterocycles. The molecule has 1 aliphatic rings. The zero-order valence-corrected chi connectivity index (χ0v) is 13.5. The molecule has 2 N–H and O–H groups in total. The van der Waals surface area contributed by atoms with Crippen LogP contribution in [0.4, 0.5) is 0 Å². The summed E-state index contributed by atoms with van der Waals surface area (Å²) in [6.07, 6.45) is 6.94. The first-order chi connectivity index (χ1) is 8.78. The lowest BCUT2D eigenvalue weighted by Crippen LogP contribution is -2.33. The Morgan fingerprint density at radius 3 is 2.37 bits per heavy atom. The van der Waals surface area contributed by atoms with Gasteiger partial charge in [0.1, 0.15) is 0 Å². The number of benzene rings is 1. The van der Waals surface area contributed by atoms with Crippen molar-refractivity contribution in [2.45, 2.75) is 41.0 Å². The van der Waals surface area contributed by atoms with Crippen LogP contribution in [-0.2, 0) is 15.4 Å². The van der Waals surface area contributed by atoms with Gasteiger partial charge >= 0.3 is 0 Å². The molecule has 106 valence electrons. The van der Waals surface area contributed by atoms with Gasteiger partial charge in [-0.25, -0.2) is 8.42 Å². The molecule has 1 aromatic carbocycles. The largest absolute Gasteiger partial charge is 0.321 e. The predicted octanol–water partition coefficient (Wildman–Crippen LogP) is 3.19. The lowest BCUT2D eigenvalue weighted by Gasteiger charge is -2.25. The van der Waals surface area contributed by atoms with E-state index in [2.05, 4.69) is 0 Å². The first kappa shape index (κ1) is 15.2. The lowest BCUT2D eigenvalue weighted by atomic mass is 9.89. The summed E-state index contributed by atoms with van der Waals surface area (Å²) < 4.78 is 23.8. The molecule has 2 rings (SSSR count). The fourth-order valence-corrected chi connectivity index (χ4v) is 5.14. The first-order valence-corrected chi connectivity index (χ1v) is 9.64. The van der Waals surface area contributed by atoms with E-state index in [-0.39, 0.29) is 0 Å². The molecule has 0 bridgehead atoms. The average molecular weight is 320 g/mol. The molecule has 0 spiro atoms. The van der Waals surface area contributed by atoms with Gasteiger partial charge in [0.05, 0.1) is 9.92 Å². The second kappa shape index (κ2) is 5.28. The minimum absolute atomic E-state index is 0.291. The highest BCUT2D eigenvalue weighted by molar-refractivity contribution is 7.99. The van der Waals surface area contributed by atoms with Crippen LogP contribution in [0.5, 0.6) is 0 Å². The number of hydrogen-bond donors (Lipinski definition) is 1. The molecule has 6 heteroatoms. The molecule has 19 heavy (non-hydrogen) atoms. The third kappa shape index (κ3) is 2.94. The molecular weight excluding hydrogens is 302 g/mol. The second-order valence-electron chi connectivity index (χ2n) is 5.12. The van der Waals surface area contributed by atoms with Gasteiger partial charge in [0.2, 0.25) is 0 Å². The molecule has 1 aliphatic carbocycles. The molecule has 0 aliphatic heterocycles. The maximum absolute atomic E-state index is 11.9. The van der Waals surface area contributed by atoms with Gasteiger partial charge < -0.3 is 5.73 Å². The van der Waals surface area contributed by atoms with E-state index in [1.807, 2.05) is 12.3 Å². The van der Waals surface area contributed by atoms with Crippen molar-refractivity contribution >= 4 is 33.2 Å². The Morgan fingerprint density at radius 2 is 1.89 bits per heavy atom. The Morgan fingerprint density at radius 1 is 1.32 bits per heavy atom. The van der Waals surface area contributed by atoms with Gasteiger partial charge in [-0.05, 0) is 36.8 Å². The minimum Gasteiger partial charge on any atom is -0.321 e. The van der Waals surface area contributed by atoms with Crippen LogP contribution >= 0.6 is 23.4 Å². The molecule has 1 saturated carbocycles. The van der Waals surface area contributed by atoms with Crippen molar-refractivity contribution in [3.63, 3.8) is 0 Å². The summed E-state index contributed by atoms with van der Waals surface area (Å²) >= 11 is 7.59. The van der Waals surface area contributed by atoms with Crippen molar-refractivity contribution in [2.24, 2.45) is 5.73 Å². The van der Waals surface area contributed by atoms with Crippen molar-refractivity contribution in [3.05, 3.63) is 22.7 Å². The topological polar surface area (TPSA) is 60.2 Å². The molecule has 0 saturated heterocycles. The number of thioether (sulfide) groups is 1. The minimum atomic E-state index is -3.31. The third-order valence-corrected chi connectivity index (χ3v) is 6.19. The number of sulfone groups is 1. The Kier molecular flexibility index (Phi) is 4.21. The molecule has 0 unspecified atom stereocenters. The summed E-state index contributed by atoms with van der Waals surface area (Å²) in [5, 5.41) is 0.474. The van der Waals surface area contributed by atoms with Gasteiger partial charge in [0.15, 0.2) is 9.84 Å². The normalized spacial score (nSPS) is 18.7. The van der Waals surface area contributed by atoms with Gasteiger partial charge in [-0.2, -0.15) is 0 Å². The van der Waals surface area contributed by atoms with Crippen LogP contribution in [0.15, 0.2) is 21.9 Å². The van der Waals surface area contributed by atoms with Crippen LogP contribution in [0.1, 0.15) is 31.2 Å². The van der Waals surface area contributed by atoms with Crippen molar-refractivity contribution in [1.82, 2.24) is 0 Å².